The van der Waals surface area contributed by atoms with Gasteiger partial charge in [-0.05, 0) is 85.5 Å². The van der Waals surface area contributed by atoms with Crippen molar-refractivity contribution in [3.63, 3.8) is 0 Å². The number of anilines is 2. The molecule has 0 aliphatic rings. The molecule has 0 saturated carbocycles. The average molecular weight is 412 g/mol. The second-order valence-corrected chi connectivity index (χ2v) is 6.89. The molecule has 0 spiro atoms. The van der Waals surface area contributed by atoms with E-state index in [-0.39, 0.29) is 0 Å². The molecule has 0 radical (unpaired) electrons. The van der Waals surface area contributed by atoms with Crippen molar-refractivity contribution < 1.29 is 0 Å². The molecule has 0 aliphatic carbocycles. The summed E-state index contributed by atoms with van der Waals surface area (Å²) in [6.07, 6.45) is 2.74. The summed E-state index contributed by atoms with van der Waals surface area (Å²) in [5, 5.41) is 0. The maximum atomic E-state index is 6.07. The first kappa shape index (κ1) is 16.4. The molecule has 0 fully saturated rings. The lowest BCUT2D eigenvalue weighted by atomic mass is 9.98. The lowest BCUT2D eigenvalue weighted by molar-refractivity contribution is 1.09. The minimum Gasteiger partial charge on any atom is -0.398 e. The Kier molecular flexibility index (Phi) is 5.33. The van der Waals surface area contributed by atoms with Crippen LogP contribution in [0.5, 0.6) is 0 Å². The van der Waals surface area contributed by atoms with Crippen LogP contribution < -0.4 is 11.5 Å². The van der Waals surface area contributed by atoms with Crippen LogP contribution in [0.1, 0.15) is 36.1 Å². The zero-order valence-electron chi connectivity index (χ0n) is 12.3. The van der Waals surface area contributed by atoms with Crippen molar-refractivity contribution in [1.82, 2.24) is 0 Å². The second kappa shape index (κ2) is 6.84. The highest BCUT2D eigenvalue weighted by atomic mass is 79.9. The quantitative estimate of drug-likeness (QED) is 0.688. The standard InChI is InChI=1S/C17H20Br2N2/c1-3-12-6-10(8-14(18)16(12)20)5-11-7-13(4-2)17(21)15(19)9-11/h6-9H,3-5,20-21H2,1-2H3. The summed E-state index contributed by atoms with van der Waals surface area (Å²) >= 11 is 7.10. The van der Waals surface area contributed by atoms with E-state index in [0.29, 0.717) is 0 Å². The number of benzene rings is 2. The topological polar surface area (TPSA) is 52.0 Å². The smallest absolute Gasteiger partial charge is 0.0491 e. The summed E-state index contributed by atoms with van der Waals surface area (Å²) in [5.41, 5.74) is 18.7. The fraction of sp³-hybridized carbons (Fsp3) is 0.294. The Bertz CT molecular complexity index is 609. The predicted molar refractivity (Wildman–Crippen MR) is 98.7 cm³/mol. The molecule has 4 heteroatoms. The highest BCUT2D eigenvalue weighted by molar-refractivity contribution is 9.11. The Hall–Kier alpha value is -1.00. The average Bonchev–Trinajstić information content (AvgIpc) is 2.46. The molecular weight excluding hydrogens is 392 g/mol. The summed E-state index contributed by atoms with van der Waals surface area (Å²) in [7, 11) is 0. The number of nitrogen functional groups attached to an aromatic ring is 2. The van der Waals surface area contributed by atoms with Crippen LogP contribution >= 0.6 is 31.9 Å². The Morgan fingerprint density at radius 2 is 1.14 bits per heavy atom. The van der Waals surface area contributed by atoms with Crippen LogP contribution in [0.15, 0.2) is 33.2 Å². The van der Waals surface area contributed by atoms with E-state index in [0.717, 1.165) is 39.6 Å². The van der Waals surface area contributed by atoms with Gasteiger partial charge < -0.3 is 11.5 Å². The Morgan fingerprint density at radius 3 is 1.48 bits per heavy atom. The Morgan fingerprint density at radius 1 is 0.762 bits per heavy atom. The van der Waals surface area contributed by atoms with E-state index in [9.17, 15) is 0 Å². The van der Waals surface area contributed by atoms with Crippen LogP contribution in [0, 0.1) is 0 Å². The number of halogens is 2. The molecule has 0 aliphatic heterocycles. The van der Waals surface area contributed by atoms with Crippen LogP contribution in [0.4, 0.5) is 11.4 Å². The number of rotatable bonds is 4. The van der Waals surface area contributed by atoms with E-state index >= 15 is 0 Å². The molecule has 0 atom stereocenters. The van der Waals surface area contributed by atoms with Crippen molar-refractivity contribution in [2.45, 2.75) is 33.1 Å². The van der Waals surface area contributed by atoms with Gasteiger partial charge in [0.2, 0.25) is 0 Å². The summed E-state index contributed by atoms with van der Waals surface area (Å²) < 4.78 is 1.95. The van der Waals surface area contributed by atoms with Crippen molar-refractivity contribution >= 4 is 43.2 Å². The zero-order valence-corrected chi connectivity index (χ0v) is 15.5. The molecule has 4 N–H and O–H groups in total. The molecule has 0 aromatic heterocycles. The van der Waals surface area contributed by atoms with Gasteiger partial charge in [-0.25, -0.2) is 0 Å². The van der Waals surface area contributed by atoms with Gasteiger partial charge in [-0.1, -0.05) is 26.0 Å². The van der Waals surface area contributed by atoms with Gasteiger partial charge in [0.15, 0.2) is 0 Å². The SMILES string of the molecule is CCc1cc(Cc2cc(Br)c(N)c(CC)c2)cc(Br)c1N. The largest absolute Gasteiger partial charge is 0.398 e. The monoisotopic (exact) mass is 410 g/mol. The predicted octanol–water partition coefficient (Wildman–Crippen LogP) is 5.09. The van der Waals surface area contributed by atoms with Gasteiger partial charge in [-0.3, -0.25) is 0 Å². The Balaban J connectivity index is 2.38. The minimum absolute atomic E-state index is 0.842. The lowest BCUT2D eigenvalue weighted by Crippen LogP contribution is -2.00. The molecule has 2 rings (SSSR count). The van der Waals surface area contributed by atoms with Gasteiger partial charge in [0.05, 0.1) is 0 Å². The van der Waals surface area contributed by atoms with Crippen molar-refractivity contribution in [2.75, 3.05) is 11.5 Å². The first-order chi connectivity index (χ1) is 9.96. The van der Waals surface area contributed by atoms with Gasteiger partial charge in [-0.2, -0.15) is 0 Å². The first-order valence-electron chi connectivity index (χ1n) is 7.09. The number of aryl methyl sites for hydroxylation is 2. The van der Waals surface area contributed by atoms with Crippen LogP contribution in [-0.2, 0) is 19.3 Å². The van der Waals surface area contributed by atoms with E-state index in [1.165, 1.54) is 22.3 Å². The number of nitrogens with two attached hydrogens (primary N) is 2. The third-order valence-corrected chi connectivity index (χ3v) is 5.03. The van der Waals surface area contributed by atoms with Crippen molar-refractivity contribution in [1.29, 1.82) is 0 Å². The Labute approximate surface area is 143 Å². The van der Waals surface area contributed by atoms with Crippen LogP contribution in [-0.4, -0.2) is 0 Å². The first-order valence-corrected chi connectivity index (χ1v) is 8.68. The third-order valence-electron chi connectivity index (χ3n) is 3.72. The lowest BCUT2D eigenvalue weighted by Gasteiger charge is -2.12. The second-order valence-electron chi connectivity index (χ2n) is 5.18. The zero-order chi connectivity index (χ0) is 15.6. The number of hydrogen-bond acceptors (Lipinski definition) is 2. The highest BCUT2D eigenvalue weighted by Crippen LogP contribution is 2.30. The van der Waals surface area contributed by atoms with Crippen molar-refractivity contribution in [3.05, 3.63) is 55.5 Å². The molecule has 0 amide bonds. The molecule has 21 heavy (non-hydrogen) atoms. The molecule has 2 aromatic carbocycles. The molecule has 2 nitrogen and oxygen atoms in total. The minimum atomic E-state index is 0.842. The molecule has 0 saturated heterocycles. The van der Waals surface area contributed by atoms with Crippen molar-refractivity contribution in [2.24, 2.45) is 0 Å². The van der Waals surface area contributed by atoms with Crippen LogP contribution in [0.3, 0.4) is 0 Å². The van der Waals surface area contributed by atoms with Crippen molar-refractivity contribution in [3.8, 4) is 0 Å². The molecule has 2 aromatic rings. The van der Waals surface area contributed by atoms with E-state index in [1.807, 2.05) is 0 Å². The summed E-state index contributed by atoms with van der Waals surface area (Å²) in [4.78, 5) is 0. The summed E-state index contributed by atoms with van der Waals surface area (Å²) in [6.45, 7) is 4.24. The third kappa shape index (κ3) is 3.61. The van der Waals surface area contributed by atoms with Gasteiger partial charge >= 0.3 is 0 Å². The molecule has 0 heterocycles. The molecule has 0 bridgehead atoms. The van der Waals surface area contributed by atoms with Gasteiger partial charge in [0.25, 0.3) is 0 Å². The van der Waals surface area contributed by atoms with E-state index < -0.39 is 0 Å². The van der Waals surface area contributed by atoms with Crippen LogP contribution in [0.25, 0.3) is 0 Å². The highest BCUT2D eigenvalue weighted by Gasteiger charge is 2.09. The normalized spacial score (nSPS) is 10.9. The fourth-order valence-electron chi connectivity index (χ4n) is 2.50. The van der Waals surface area contributed by atoms with E-state index in [2.05, 4.69) is 70.0 Å². The number of hydrogen-bond donors (Lipinski definition) is 2. The van der Waals surface area contributed by atoms with Crippen LogP contribution in [0.2, 0.25) is 0 Å². The van der Waals surface area contributed by atoms with Gasteiger partial charge in [0, 0.05) is 20.3 Å². The van der Waals surface area contributed by atoms with Gasteiger partial charge in [0.1, 0.15) is 0 Å². The maximum Gasteiger partial charge on any atom is 0.0491 e. The fourth-order valence-corrected chi connectivity index (χ4v) is 3.60. The van der Waals surface area contributed by atoms with E-state index in [4.69, 9.17) is 11.5 Å². The van der Waals surface area contributed by atoms with E-state index in [1.54, 1.807) is 0 Å². The summed E-state index contributed by atoms with van der Waals surface area (Å²) in [6, 6.07) is 8.58. The maximum absolute atomic E-state index is 6.07. The molecule has 0 unspecified atom stereocenters. The summed E-state index contributed by atoms with van der Waals surface area (Å²) in [5.74, 6) is 0. The molecule has 112 valence electrons. The van der Waals surface area contributed by atoms with Gasteiger partial charge in [-0.15, -0.1) is 0 Å². The molecular formula is C17H20Br2N2.